The predicted molar refractivity (Wildman–Crippen MR) is 151 cm³/mol. The predicted octanol–water partition coefficient (Wildman–Crippen LogP) is 5.48. The molecule has 1 saturated carbocycles. The monoisotopic (exact) mass is 539 g/mol. The number of nitrogens with zero attached hydrogens (tertiary/aromatic N) is 3. The summed E-state index contributed by atoms with van der Waals surface area (Å²) in [6.07, 6.45) is 3.61. The molecule has 9 heteroatoms. The first-order valence-electron chi connectivity index (χ1n) is 12.7. The number of amides is 1. The average Bonchev–Trinajstić information content (AvgIpc) is 3.67. The van der Waals surface area contributed by atoms with Gasteiger partial charge in [0.15, 0.2) is 15.5 Å². The molecule has 5 rings (SSSR count). The summed E-state index contributed by atoms with van der Waals surface area (Å²) in [6, 6.07) is 23.1. The minimum absolute atomic E-state index is 0.166. The summed E-state index contributed by atoms with van der Waals surface area (Å²) in [4.78, 5) is 17.1. The Morgan fingerprint density at radius 2 is 1.79 bits per heavy atom. The van der Waals surface area contributed by atoms with Crippen molar-refractivity contribution in [2.24, 2.45) is 5.92 Å². The van der Waals surface area contributed by atoms with Crippen LogP contribution < -0.4 is 10.6 Å². The molecule has 39 heavy (non-hydrogen) atoms. The molecule has 0 saturated heterocycles. The van der Waals surface area contributed by atoms with E-state index in [2.05, 4.69) is 20.6 Å². The third kappa shape index (κ3) is 6.25. The summed E-state index contributed by atoms with van der Waals surface area (Å²) < 4.78 is 25.4. The molecule has 1 amide bonds. The molecule has 1 aromatic heterocycles. The second kappa shape index (κ2) is 10.8. The van der Waals surface area contributed by atoms with Crippen molar-refractivity contribution >= 4 is 27.1 Å². The lowest BCUT2D eigenvalue weighted by molar-refractivity contribution is 0.101. The zero-order valence-electron chi connectivity index (χ0n) is 21.8. The summed E-state index contributed by atoms with van der Waals surface area (Å²) in [5.74, 6) is 0.330. The van der Waals surface area contributed by atoms with Crippen LogP contribution in [0.1, 0.15) is 46.2 Å². The van der Waals surface area contributed by atoms with E-state index >= 15 is 0 Å². The number of carbonyl (C=O) groups excluding carboxylic acids is 1. The van der Waals surface area contributed by atoms with Gasteiger partial charge in [-0.3, -0.25) is 4.79 Å². The molecule has 4 aromatic rings. The maximum atomic E-state index is 13.4. The lowest BCUT2D eigenvalue weighted by Crippen LogP contribution is -2.25. The molecular weight excluding hydrogens is 510 g/mol. The van der Waals surface area contributed by atoms with Gasteiger partial charge < -0.3 is 10.6 Å². The third-order valence-corrected chi connectivity index (χ3v) is 7.82. The normalized spacial score (nSPS) is 14.0. The van der Waals surface area contributed by atoms with E-state index in [1.807, 2.05) is 49.4 Å². The number of rotatable bonds is 9. The van der Waals surface area contributed by atoms with Gasteiger partial charge in [-0.1, -0.05) is 36.4 Å². The first-order chi connectivity index (χ1) is 18.7. The fraction of sp³-hybridized carbons (Fsp3) is 0.233. The van der Waals surface area contributed by atoms with Gasteiger partial charge in [0.25, 0.3) is 5.91 Å². The Morgan fingerprint density at radius 1 is 1.05 bits per heavy atom. The highest BCUT2D eigenvalue weighted by Gasteiger charge is 2.24. The van der Waals surface area contributed by atoms with E-state index in [4.69, 9.17) is 6.57 Å². The molecule has 0 bridgehead atoms. The van der Waals surface area contributed by atoms with E-state index in [0.29, 0.717) is 34.4 Å². The lowest BCUT2D eigenvalue weighted by atomic mass is 9.98. The van der Waals surface area contributed by atoms with Gasteiger partial charge in [0.2, 0.25) is 0 Å². The Bertz CT molecular complexity index is 1670. The van der Waals surface area contributed by atoms with Crippen LogP contribution >= 0.6 is 0 Å². The minimum atomic E-state index is -3.29. The Balaban J connectivity index is 1.42. The van der Waals surface area contributed by atoms with E-state index in [9.17, 15) is 13.2 Å². The number of aromatic nitrogens is 2. The van der Waals surface area contributed by atoms with Gasteiger partial charge in [0.1, 0.15) is 5.69 Å². The van der Waals surface area contributed by atoms with Crippen molar-refractivity contribution in [1.82, 2.24) is 15.1 Å². The molecule has 3 aromatic carbocycles. The fourth-order valence-electron chi connectivity index (χ4n) is 4.49. The van der Waals surface area contributed by atoms with Crippen LogP contribution in [0.15, 0.2) is 83.8 Å². The van der Waals surface area contributed by atoms with E-state index in [1.54, 1.807) is 41.1 Å². The number of nitrogens with one attached hydrogen (secondary N) is 2. The van der Waals surface area contributed by atoms with Gasteiger partial charge in [-0.25, -0.2) is 17.9 Å². The van der Waals surface area contributed by atoms with Crippen LogP contribution in [0.25, 0.3) is 10.5 Å². The molecular formula is C30H29N5O3S. The van der Waals surface area contributed by atoms with Gasteiger partial charge >= 0.3 is 0 Å². The molecule has 1 atom stereocenters. The zero-order valence-corrected chi connectivity index (χ0v) is 22.6. The topological polar surface area (TPSA) is 97.4 Å². The van der Waals surface area contributed by atoms with E-state index in [-0.39, 0.29) is 16.8 Å². The molecule has 0 aliphatic heterocycles. The first-order valence-corrected chi connectivity index (χ1v) is 14.6. The number of sulfone groups is 1. The number of hydrogen-bond acceptors (Lipinski definition) is 5. The maximum Gasteiger partial charge on any atom is 0.274 e. The van der Waals surface area contributed by atoms with Gasteiger partial charge in [-0.2, -0.15) is 5.10 Å². The van der Waals surface area contributed by atoms with Crippen molar-refractivity contribution in [2.75, 3.05) is 18.1 Å². The van der Waals surface area contributed by atoms with Crippen LogP contribution in [0.3, 0.4) is 0 Å². The molecule has 0 radical (unpaired) electrons. The van der Waals surface area contributed by atoms with Crippen LogP contribution in [0.5, 0.6) is 0 Å². The fourth-order valence-corrected chi connectivity index (χ4v) is 5.12. The highest BCUT2D eigenvalue weighted by atomic mass is 32.2. The van der Waals surface area contributed by atoms with Gasteiger partial charge in [-0.05, 0) is 85.8 Å². The molecule has 1 heterocycles. The highest BCUT2D eigenvalue weighted by Crippen LogP contribution is 2.31. The van der Waals surface area contributed by atoms with Crippen molar-refractivity contribution in [3.05, 3.63) is 113 Å². The Kier molecular flexibility index (Phi) is 7.33. The second-order valence-corrected chi connectivity index (χ2v) is 11.9. The summed E-state index contributed by atoms with van der Waals surface area (Å²) in [6.45, 7) is 9.97. The molecule has 0 spiro atoms. The minimum Gasteiger partial charge on any atom is -0.321 e. The number of aryl methyl sites for hydroxylation is 1. The maximum absolute atomic E-state index is 13.4. The molecule has 1 aliphatic rings. The van der Waals surface area contributed by atoms with Crippen molar-refractivity contribution in [3.63, 3.8) is 0 Å². The number of anilines is 1. The summed E-state index contributed by atoms with van der Waals surface area (Å²) in [5.41, 5.74) is 4.67. The van der Waals surface area contributed by atoms with E-state index in [1.165, 1.54) is 19.1 Å². The van der Waals surface area contributed by atoms with E-state index in [0.717, 1.165) is 17.7 Å². The molecule has 1 unspecified atom stereocenters. The molecule has 8 nitrogen and oxygen atoms in total. The SMILES string of the molecule is [C-]#[N+]c1cccc(-n2nc(C)cc2C(=O)Nc2cccc(C(NCC3CC3)c3ccc(S(C)(=O)=O)cc3)c2)c1. The van der Waals surface area contributed by atoms with Crippen LogP contribution in [0.2, 0.25) is 0 Å². The summed E-state index contributed by atoms with van der Waals surface area (Å²) >= 11 is 0. The number of carbonyl (C=O) groups is 1. The van der Waals surface area contributed by atoms with Crippen molar-refractivity contribution in [3.8, 4) is 5.69 Å². The van der Waals surface area contributed by atoms with Crippen LogP contribution in [-0.4, -0.2) is 36.9 Å². The molecule has 198 valence electrons. The second-order valence-electron chi connectivity index (χ2n) is 9.92. The standard InChI is InChI=1S/C30H29N5O3S/c1-20-16-28(35(34-20)26-9-5-7-24(18-26)31-2)30(36)33-25-8-4-6-23(17-25)29(32-19-21-10-11-21)22-12-14-27(15-13-22)39(3,37)38/h4-9,12-18,21,29,32H,10-11,19H2,1,3H3,(H,33,36). The van der Waals surface area contributed by atoms with E-state index < -0.39 is 9.84 Å². The molecule has 1 fully saturated rings. The summed E-state index contributed by atoms with van der Waals surface area (Å²) in [5, 5.41) is 11.1. The molecule has 1 aliphatic carbocycles. The molecule has 2 N–H and O–H groups in total. The Labute approximate surface area is 228 Å². The van der Waals surface area contributed by atoms with Gasteiger partial charge in [-0.15, -0.1) is 0 Å². The van der Waals surface area contributed by atoms with Gasteiger partial charge in [0, 0.05) is 11.9 Å². The van der Waals surface area contributed by atoms with Crippen LogP contribution in [0.4, 0.5) is 11.4 Å². The zero-order chi connectivity index (χ0) is 27.6. The highest BCUT2D eigenvalue weighted by molar-refractivity contribution is 7.90. The number of benzene rings is 3. The van der Waals surface area contributed by atoms with Gasteiger partial charge in [0.05, 0.1) is 28.9 Å². The third-order valence-electron chi connectivity index (χ3n) is 6.69. The summed E-state index contributed by atoms with van der Waals surface area (Å²) in [7, 11) is -3.29. The Hall–Kier alpha value is -4.26. The largest absolute Gasteiger partial charge is 0.321 e. The van der Waals surface area contributed by atoms with Crippen molar-refractivity contribution < 1.29 is 13.2 Å². The average molecular weight is 540 g/mol. The van der Waals surface area contributed by atoms with Crippen LogP contribution in [-0.2, 0) is 9.84 Å². The quantitative estimate of drug-likeness (QED) is 0.275. The van der Waals surface area contributed by atoms with Crippen molar-refractivity contribution in [2.45, 2.75) is 30.7 Å². The van der Waals surface area contributed by atoms with Crippen LogP contribution in [0, 0.1) is 19.4 Å². The first kappa shape index (κ1) is 26.4. The smallest absolute Gasteiger partial charge is 0.274 e. The lowest BCUT2D eigenvalue weighted by Gasteiger charge is -2.21. The number of hydrogen-bond donors (Lipinski definition) is 2. The van der Waals surface area contributed by atoms with Crippen molar-refractivity contribution in [1.29, 1.82) is 0 Å². The Morgan fingerprint density at radius 3 is 2.49 bits per heavy atom.